The van der Waals surface area contributed by atoms with Gasteiger partial charge >= 0.3 is 5.76 Å². The number of benzene rings is 1. The highest BCUT2D eigenvalue weighted by atomic mass is 32.2. The zero-order chi connectivity index (χ0) is 18.4. The summed E-state index contributed by atoms with van der Waals surface area (Å²) in [6.45, 7) is 0.401. The number of halogens is 2. The van der Waals surface area contributed by atoms with E-state index in [1.165, 1.54) is 0 Å². The number of rotatable bonds is 6. The maximum Gasteiger partial charge on any atom is 0.341 e. The van der Waals surface area contributed by atoms with Crippen LogP contribution >= 0.6 is 0 Å². The van der Waals surface area contributed by atoms with Crippen LogP contribution in [0.1, 0.15) is 19.3 Å². The Hall–Kier alpha value is -2.30. The molecule has 1 aromatic carbocycles. The molecule has 1 aliphatic heterocycles. The van der Waals surface area contributed by atoms with Crippen molar-refractivity contribution in [3.05, 3.63) is 28.3 Å². The second-order valence-corrected chi connectivity index (χ2v) is 7.98. The molecule has 2 fully saturated rings. The number of nitro benzene ring substituents is 1. The van der Waals surface area contributed by atoms with E-state index in [0.717, 1.165) is 25.0 Å². The van der Waals surface area contributed by atoms with Crippen molar-refractivity contribution in [2.24, 2.45) is 0 Å². The SMILES string of the molecule is O=C1CC(Nc2ccc(S(=O)(=O)C(F)F)cc2[N+](=O)[O-])CN1C1CC1. The first-order valence-electron chi connectivity index (χ1n) is 7.56. The fourth-order valence-corrected chi connectivity index (χ4v) is 3.59. The van der Waals surface area contributed by atoms with Crippen LogP contribution < -0.4 is 5.32 Å². The quantitative estimate of drug-likeness (QED) is 0.599. The van der Waals surface area contributed by atoms with Gasteiger partial charge in [0.2, 0.25) is 15.7 Å². The first-order valence-corrected chi connectivity index (χ1v) is 9.11. The van der Waals surface area contributed by atoms with Gasteiger partial charge in [0.05, 0.1) is 15.9 Å². The number of hydrogen-bond acceptors (Lipinski definition) is 6. The molecule has 0 aromatic heterocycles. The number of likely N-dealkylation sites (tertiary alicyclic amines) is 1. The van der Waals surface area contributed by atoms with Crippen LogP contribution in [0.15, 0.2) is 23.1 Å². The predicted molar refractivity (Wildman–Crippen MR) is 83.0 cm³/mol. The number of carbonyl (C=O) groups is 1. The normalized spacial score (nSPS) is 21.0. The number of alkyl halides is 2. The van der Waals surface area contributed by atoms with Crippen LogP contribution in [-0.2, 0) is 14.6 Å². The largest absolute Gasteiger partial charge is 0.374 e. The molecule has 1 saturated carbocycles. The second kappa shape index (κ2) is 6.21. The number of nitrogens with one attached hydrogen (secondary N) is 1. The highest BCUT2D eigenvalue weighted by Crippen LogP contribution is 2.34. The average Bonchev–Trinajstić information content (AvgIpc) is 3.31. The lowest BCUT2D eigenvalue weighted by molar-refractivity contribution is -0.384. The number of nitro groups is 1. The summed E-state index contributed by atoms with van der Waals surface area (Å²) >= 11 is 0. The van der Waals surface area contributed by atoms with E-state index >= 15 is 0 Å². The fraction of sp³-hybridized carbons (Fsp3) is 0.500. The number of anilines is 1. The van der Waals surface area contributed by atoms with E-state index in [2.05, 4.69) is 5.32 Å². The summed E-state index contributed by atoms with van der Waals surface area (Å²) in [4.78, 5) is 23.2. The van der Waals surface area contributed by atoms with E-state index in [0.29, 0.717) is 12.6 Å². The highest BCUT2D eigenvalue weighted by molar-refractivity contribution is 7.91. The minimum Gasteiger partial charge on any atom is -0.374 e. The summed E-state index contributed by atoms with van der Waals surface area (Å²) in [6.07, 6.45) is 2.06. The summed E-state index contributed by atoms with van der Waals surface area (Å²) in [5.74, 6) is -3.70. The Labute approximate surface area is 141 Å². The lowest BCUT2D eigenvalue weighted by atomic mass is 10.2. The average molecular weight is 375 g/mol. The summed E-state index contributed by atoms with van der Waals surface area (Å²) in [5, 5.41) is 14.1. The van der Waals surface area contributed by atoms with Crippen LogP contribution in [0, 0.1) is 10.1 Å². The van der Waals surface area contributed by atoms with Crippen LogP contribution in [0.4, 0.5) is 20.2 Å². The number of amides is 1. The maximum atomic E-state index is 12.6. The lowest BCUT2D eigenvalue weighted by Gasteiger charge is -2.17. The third-order valence-corrected chi connectivity index (χ3v) is 5.61. The van der Waals surface area contributed by atoms with E-state index in [4.69, 9.17) is 0 Å². The number of nitrogens with zero attached hydrogens (tertiary/aromatic N) is 2. The molecular formula is C14H15F2N3O5S. The Morgan fingerprint density at radius 3 is 2.56 bits per heavy atom. The van der Waals surface area contributed by atoms with Crippen molar-refractivity contribution >= 4 is 27.1 Å². The first kappa shape index (κ1) is 17.5. The van der Waals surface area contributed by atoms with Gasteiger partial charge in [-0.25, -0.2) is 8.42 Å². The van der Waals surface area contributed by atoms with Crippen molar-refractivity contribution in [1.29, 1.82) is 0 Å². The molecule has 25 heavy (non-hydrogen) atoms. The van der Waals surface area contributed by atoms with E-state index in [1.54, 1.807) is 4.90 Å². The fourth-order valence-electron chi connectivity index (χ4n) is 2.85. The second-order valence-electron chi connectivity index (χ2n) is 6.06. The molecule has 1 atom stereocenters. The van der Waals surface area contributed by atoms with Crippen molar-refractivity contribution in [3.63, 3.8) is 0 Å². The van der Waals surface area contributed by atoms with Gasteiger partial charge in [-0.1, -0.05) is 0 Å². The van der Waals surface area contributed by atoms with E-state index in [-0.39, 0.29) is 30.1 Å². The number of carbonyl (C=O) groups excluding carboxylic acids is 1. The molecule has 1 aromatic rings. The highest BCUT2D eigenvalue weighted by Gasteiger charge is 2.40. The Kier molecular flexibility index (Phi) is 4.35. The molecule has 1 N–H and O–H groups in total. The van der Waals surface area contributed by atoms with Gasteiger partial charge < -0.3 is 10.2 Å². The van der Waals surface area contributed by atoms with Gasteiger partial charge in [-0.2, -0.15) is 8.78 Å². The molecule has 136 valence electrons. The molecule has 0 radical (unpaired) electrons. The Bertz CT molecular complexity index is 826. The van der Waals surface area contributed by atoms with Crippen LogP contribution in [0.5, 0.6) is 0 Å². The van der Waals surface area contributed by atoms with Crippen molar-refractivity contribution in [2.45, 2.75) is 42.0 Å². The van der Waals surface area contributed by atoms with Crippen molar-refractivity contribution < 1.29 is 26.9 Å². The summed E-state index contributed by atoms with van der Waals surface area (Å²) in [5.41, 5.74) is -0.632. The standard InChI is InChI=1S/C14H15F2N3O5S/c15-14(16)25(23,24)10-3-4-11(12(6-10)19(21)22)17-8-5-13(20)18(7-8)9-1-2-9/h3-4,6,8-9,14,17H,1-2,5,7H2. The summed E-state index contributed by atoms with van der Waals surface area (Å²) < 4.78 is 48.2. The molecule has 1 amide bonds. The topological polar surface area (TPSA) is 110 Å². The Morgan fingerprint density at radius 2 is 2.00 bits per heavy atom. The van der Waals surface area contributed by atoms with E-state index in [1.807, 2.05) is 0 Å². The molecule has 3 rings (SSSR count). The maximum absolute atomic E-state index is 12.6. The molecule has 0 bridgehead atoms. The minimum absolute atomic E-state index is 0.00587. The third-order valence-electron chi connectivity index (χ3n) is 4.23. The van der Waals surface area contributed by atoms with Crippen molar-refractivity contribution in [3.8, 4) is 0 Å². The molecular weight excluding hydrogens is 360 g/mol. The Morgan fingerprint density at radius 1 is 1.32 bits per heavy atom. The zero-order valence-corrected chi connectivity index (χ0v) is 13.7. The summed E-state index contributed by atoms with van der Waals surface area (Å²) in [6, 6.07) is 2.46. The molecule has 1 unspecified atom stereocenters. The number of hydrogen-bond donors (Lipinski definition) is 1. The monoisotopic (exact) mass is 375 g/mol. The van der Waals surface area contributed by atoms with Crippen molar-refractivity contribution in [2.75, 3.05) is 11.9 Å². The molecule has 0 spiro atoms. The Balaban J connectivity index is 1.84. The van der Waals surface area contributed by atoms with Gasteiger partial charge in [-0.05, 0) is 25.0 Å². The lowest BCUT2D eigenvalue weighted by Crippen LogP contribution is -2.29. The van der Waals surface area contributed by atoms with E-state index < -0.39 is 31.1 Å². The number of sulfone groups is 1. The van der Waals surface area contributed by atoms with Gasteiger partial charge in [-0.3, -0.25) is 14.9 Å². The predicted octanol–water partition coefficient (Wildman–Crippen LogP) is 1.77. The van der Waals surface area contributed by atoms with Gasteiger partial charge in [0, 0.05) is 25.1 Å². The van der Waals surface area contributed by atoms with Crippen LogP contribution in [-0.4, -0.2) is 48.5 Å². The van der Waals surface area contributed by atoms with Gasteiger partial charge in [0.25, 0.3) is 5.69 Å². The van der Waals surface area contributed by atoms with Crippen LogP contribution in [0.3, 0.4) is 0 Å². The molecule has 1 heterocycles. The van der Waals surface area contributed by atoms with Crippen molar-refractivity contribution in [1.82, 2.24) is 4.90 Å². The molecule has 1 aliphatic carbocycles. The smallest absolute Gasteiger partial charge is 0.341 e. The first-order chi connectivity index (χ1) is 11.7. The zero-order valence-electron chi connectivity index (χ0n) is 12.9. The van der Waals surface area contributed by atoms with E-state index in [9.17, 15) is 32.1 Å². The van der Waals surface area contributed by atoms with Gasteiger partial charge in [0.15, 0.2) is 0 Å². The van der Waals surface area contributed by atoms with Gasteiger partial charge in [0.1, 0.15) is 5.69 Å². The van der Waals surface area contributed by atoms with Crippen LogP contribution in [0.2, 0.25) is 0 Å². The molecule has 8 nitrogen and oxygen atoms in total. The third kappa shape index (κ3) is 3.41. The molecule has 11 heteroatoms. The molecule has 2 aliphatic rings. The minimum atomic E-state index is -4.93. The summed E-state index contributed by atoms with van der Waals surface area (Å²) in [7, 11) is -4.93. The van der Waals surface area contributed by atoms with Crippen LogP contribution in [0.25, 0.3) is 0 Å². The molecule has 1 saturated heterocycles. The van der Waals surface area contributed by atoms with Gasteiger partial charge in [-0.15, -0.1) is 0 Å².